The number of ether oxygens (including phenoxy) is 2. The van der Waals surface area contributed by atoms with Crippen molar-refractivity contribution in [3.63, 3.8) is 0 Å². The molecule has 6 heteroatoms. The summed E-state index contributed by atoms with van der Waals surface area (Å²) >= 11 is 1.36. The van der Waals surface area contributed by atoms with Gasteiger partial charge in [0.2, 0.25) is 0 Å². The molecule has 0 saturated heterocycles. The van der Waals surface area contributed by atoms with Gasteiger partial charge in [0.25, 0.3) is 0 Å². The van der Waals surface area contributed by atoms with Crippen molar-refractivity contribution in [2.24, 2.45) is 0 Å². The smallest absolute Gasteiger partial charge is 0.134 e. The van der Waals surface area contributed by atoms with Gasteiger partial charge in [-0.25, -0.2) is 9.37 Å². The van der Waals surface area contributed by atoms with Crippen molar-refractivity contribution in [1.29, 1.82) is 5.26 Å². The number of halogens is 1. The van der Waals surface area contributed by atoms with Gasteiger partial charge in [-0.05, 0) is 48.5 Å². The molecule has 0 N–H and O–H groups in total. The maximum absolute atomic E-state index is 13.1. The Bertz CT molecular complexity index is 988. The molecule has 1 aromatic heterocycles. The molecular formula is C20H15FN2O2S. The minimum Gasteiger partial charge on any atom is -0.497 e. The third-order valence-electron chi connectivity index (χ3n) is 3.73. The fourth-order valence-electron chi connectivity index (χ4n) is 2.40. The van der Waals surface area contributed by atoms with Crippen LogP contribution in [0.1, 0.15) is 10.6 Å². The zero-order valence-electron chi connectivity index (χ0n) is 14.2. The normalized spacial score (nSPS) is 11.1. The van der Waals surface area contributed by atoms with E-state index in [4.69, 9.17) is 9.47 Å². The first-order valence-corrected chi connectivity index (χ1v) is 8.58. The van der Waals surface area contributed by atoms with E-state index in [0.29, 0.717) is 27.8 Å². The van der Waals surface area contributed by atoms with E-state index in [1.54, 1.807) is 50.6 Å². The Morgan fingerprint density at radius 1 is 1.15 bits per heavy atom. The van der Waals surface area contributed by atoms with Crippen molar-refractivity contribution in [3.8, 4) is 28.8 Å². The van der Waals surface area contributed by atoms with Crippen LogP contribution in [0.25, 0.3) is 22.9 Å². The second-order valence-electron chi connectivity index (χ2n) is 5.32. The Morgan fingerprint density at radius 2 is 1.92 bits per heavy atom. The van der Waals surface area contributed by atoms with Crippen molar-refractivity contribution >= 4 is 23.0 Å². The molecule has 1 heterocycles. The van der Waals surface area contributed by atoms with Crippen LogP contribution in [0.4, 0.5) is 4.39 Å². The van der Waals surface area contributed by atoms with Crippen LogP contribution in [-0.4, -0.2) is 19.2 Å². The molecule has 2 aromatic carbocycles. The lowest BCUT2D eigenvalue weighted by Crippen LogP contribution is -1.90. The summed E-state index contributed by atoms with van der Waals surface area (Å²) in [7, 11) is 3.15. The number of rotatable bonds is 5. The van der Waals surface area contributed by atoms with Gasteiger partial charge >= 0.3 is 0 Å². The summed E-state index contributed by atoms with van der Waals surface area (Å²) in [5, 5.41) is 12.0. The molecule has 3 rings (SSSR count). The number of methoxy groups -OCH3 is 2. The van der Waals surface area contributed by atoms with Crippen LogP contribution in [-0.2, 0) is 0 Å². The van der Waals surface area contributed by atoms with E-state index in [1.165, 1.54) is 23.5 Å². The summed E-state index contributed by atoms with van der Waals surface area (Å²) < 4.78 is 23.7. The quantitative estimate of drug-likeness (QED) is 0.594. The van der Waals surface area contributed by atoms with E-state index < -0.39 is 0 Å². The van der Waals surface area contributed by atoms with Gasteiger partial charge in [0, 0.05) is 16.5 Å². The molecule has 0 saturated carbocycles. The molecular weight excluding hydrogens is 351 g/mol. The largest absolute Gasteiger partial charge is 0.497 e. The number of allylic oxidation sites excluding steroid dienone is 1. The Hall–Kier alpha value is -3.17. The molecule has 0 radical (unpaired) electrons. The number of hydrogen-bond acceptors (Lipinski definition) is 5. The zero-order valence-corrected chi connectivity index (χ0v) is 15.0. The first-order chi connectivity index (χ1) is 12.6. The van der Waals surface area contributed by atoms with Crippen LogP contribution in [0.2, 0.25) is 0 Å². The third-order valence-corrected chi connectivity index (χ3v) is 4.61. The van der Waals surface area contributed by atoms with Crippen molar-refractivity contribution < 1.29 is 13.9 Å². The molecule has 26 heavy (non-hydrogen) atoms. The second kappa shape index (κ2) is 7.81. The first kappa shape index (κ1) is 17.6. The van der Waals surface area contributed by atoms with E-state index >= 15 is 0 Å². The monoisotopic (exact) mass is 366 g/mol. The molecule has 0 aliphatic heterocycles. The Balaban J connectivity index is 1.99. The van der Waals surface area contributed by atoms with Crippen LogP contribution in [0.3, 0.4) is 0 Å². The van der Waals surface area contributed by atoms with E-state index in [-0.39, 0.29) is 5.82 Å². The minimum atomic E-state index is -0.299. The molecule has 0 aliphatic rings. The standard InChI is InChI=1S/C20H15FN2O2S/c1-24-17-7-8-19(25-2)14(10-17)9-15(11-22)20-23-18(12-26-20)13-3-5-16(21)6-4-13/h3-10,12H,1-2H3/b15-9+. The molecule has 130 valence electrons. The maximum Gasteiger partial charge on any atom is 0.134 e. The van der Waals surface area contributed by atoms with Gasteiger partial charge in [-0.15, -0.1) is 11.3 Å². The van der Waals surface area contributed by atoms with Crippen molar-refractivity contribution in [2.75, 3.05) is 14.2 Å². The average Bonchev–Trinajstić information content (AvgIpc) is 3.16. The molecule has 0 bridgehead atoms. The number of aromatic nitrogens is 1. The van der Waals surface area contributed by atoms with Crippen molar-refractivity contribution in [1.82, 2.24) is 4.98 Å². The van der Waals surface area contributed by atoms with Crippen LogP contribution in [0.15, 0.2) is 47.8 Å². The van der Waals surface area contributed by atoms with Crippen molar-refractivity contribution in [2.45, 2.75) is 0 Å². The van der Waals surface area contributed by atoms with Crippen LogP contribution in [0, 0.1) is 17.1 Å². The number of benzene rings is 2. The highest BCUT2D eigenvalue weighted by molar-refractivity contribution is 7.11. The summed E-state index contributed by atoms with van der Waals surface area (Å²) in [6.45, 7) is 0. The average molecular weight is 366 g/mol. The van der Waals surface area contributed by atoms with E-state index in [2.05, 4.69) is 11.1 Å². The predicted octanol–water partition coefficient (Wildman–Crippen LogP) is 5.03. The molecule has 4 nitrogen and oxygen atoms in total. The van der Waals surface area contributed by atoms with E-state index in [9.17, 15) is 9.65 Å². The van der Waals surface area contributed by atoms with Gasteiger partial charge < -0.3 is 9.47 Å². The fourth-order valence-corrected chi connectivity index (χ4v) is 3.19. The summed E-state index contributed by atoms with van der Waals surface area (Å²) in [6.07, 6.45) is 1.72. The topological polar surface area (TPSA) is 55.1 Å². The summed E-state index contributed by atoms with van der Waals surface area (Å²) in [6, 6.07) is 13.6. The van der Waals surface area contributed by atoms with Gasteiger partial charge in [0.15, 0.2) is 0 Å². The highest BCUT2D eigenvalue weighted by Crippen LogP contribution is 2.31. The fraction of sp³-hybridized carbons (Fsp3) is 0.100. The molecule has 0 fully saturated rings. The summed E-state index contributed by atoms with van der Waals surface area (Å²) in [5.74, 6) is 1.00. The van der Waals surface area contributed by atoms with Gasteiger partial charge in [0.1, 0.15) is 28.4 Å². The predicted molar refractivity (Wildman–Crippen MR) is 101 cm³/mol. The number of nitriles is 1. The lowest BCUT2D eigenvalue weighted by Gasteiger charge is -2.07. The molecule has 0 unspecified atom stereocenters. The highest BCUT2D eigenvalue weighted by Gasteiger charge is 2.11. The first-order valence-electron chi connectivity index (χ1n) is 7.70. The Labute approximate surface area is 154 Å². The number of thiazole rings is 1. The number of hydrogen-bond donors (Lipinski definition) is 0. The summed E-state index contributed by atoms with van der Waals surface area (Å²) in [4.78, 5) is 4.51. The van der Waals surface area contributed by atoms with Gasteiger partial charge in [-0.3, -0.25) is 0 Å². The maximum atomic E-state index is 13.1. The van der Waals surface area contributed by atoms with Gasteiger partial charge in [-0.2, -0.15) is 5.26 Å². The molecule has 0 aliphatic carbocycles. The second-order valence-corrected chi connectivity index (χ2v) is 6.18. The zero-order chi connectivity index (χ0) is 18.5. The molecule has 0 amide bonds. The molecule has 0 atom stereocenters. The van der Waals surface area contributed by atoms with Crippen LogP contribution in [0.5, 0.6) is 11.5 Å². The number of nitrogens with zero attached hydrogens (tertiary/aromatic N) is 2. The summed E-state index contributed by atoms with van der Waals surface area (Å²) in [5.41, 5.74) is 2.63. The Morgan fingerprint density at radius 3 is 2.58 bits per heavy atom. The van der Waals surface area contributed by atoms with Crippen LogP contribution < -0.4 is 9.47 Å². The lowest BCUT2D eigenvalue weighted by molar-refractivity contribution is 0.402. The lowest BCUT2D eigenvalue weighted by atomic mass is 10.1. The SMILES string of the molecule is COc1ccc(OC)c(/C=C(\C#N)c2nc(-c3ccc(F)cc3)cs2)c1. The van der Waals surface area contributed by atoms with Gasteiger partial charge in [0.05, 0.1) is 25.5 Å². The Kier molecular flexibility index (Phi) is 5.30. The third kappa shape index (κ3) is 3.73. The minimum absolute atomic E-state index is 0.299. The highest BCUT2D eigenvalue weighted by atomic mass is 32.1. The van der Waals surface area contributed by atoms with E-state index in [0.717, 1.165) is 11.1 Å². The molecule has 3 aromatic rings. The van der Waals surface area contributed by atoms with Crippen molar-refractivity contribution in [3.05, 3.63) is 64.2 Å². The van der Waals surface area contributed by atoms with Crippen LogP contribution >= 0.6 is 11.3 Å². The molecule has 0 spiro atoms. The van der Waals surface area contributed by atoms with Gasteiger partial charge in [-0.1, -0.05) is 0 Å². The van der Waals surface area contributed by atoms with E-state index in [1.807, 2.05) is 5.38 Å².